The summed E-state index contributed by atoms with van der Waals surface area (Å²) in [6, 6.07) is 0. The molecule has 0 aliphatic heterocycles. The van der Waals surface area contributed by atoms with Crippen LogP contribution in [-0.2, 0) is 7.05 Å². The first-order chi connectivity index (χ1) is 7.24. The predicted octanol–water partition coefficient (Wildman–Crippen LogP) is 0.973. The maximum atomic E-state index is 10.9. The van der Waals surface area contributed by atoms with E-state index in [0.29, 0.717) is 0 Å². The minimum absolute atomic E-state index is 0.279. The van der Waals surface area contributed by atoms with Crippen molar-refractivity contribution < 1.29 is 4.79 Å². The topological polar surface area (TPSA) is 22.0 Å². The molecule has 0 aromatic carbocycles. The third-order valence-electron chi connectivity index (χ3n) is 3.82. The standard InChI is InChI=1S/C13H15NO/c1-14-8-10(9-15)11-6-13(7-12(11)14)4-2-3-5-13/h6-9H,2-5H2,1H3. The van der Waals surface area contributed by atoms with Gasteiger partial charge in [-0.3, -0.25) is 4.79 Å². The Balaban J connectivity index is 2.27. The number of rotatable bonds is 1. The van der Waals surface area contributed by atoms with Crippen molar-refractivity contribution in [3.63, 3.8) is 0 Å². The molecule has 0 radical (unpaired) electrons. The number of aromatic nitrogens is 1. The number of hydrogen-bond donors (Lipinski definition) is 0. The monoisotopic (exact) mass is 201 g/mol. The fourth-order valence-electron chi connectivity index (χ4n) is 3.04. The number of carbonyl (C=O) groups is 1. The van der Waals surface area contributed by atoms with E-state index in [4.69, 9.17) is 0 Å². The Morgan fingerprint density at radius 3 is 2.73 bits per heavy atom. The molecule has 1 spiro atoms. The highest BCUT2D eigenvalue weighted by molar-refractivity contribution is 5.77. The summed E-state index contributed by atoms with van der Waals surface area (Å²) in [7, 11) is 2.02. The van der Waals surface area contributed by atoms with E-state index in [1.165, 1.54) is 31.0 Å². The van der Waals surface area contributed by atoms with Crippen LogP contribution in [0, 0.1) is 5.41 Å². The second-order valence-electron chi connectivity index (χ2n) is 4.84. The fourth-order valence-corrected chi connectivity index (χ4v) is 3.04. The van der Waals surface area contributed by atoms with Crippen molar-refractivity contribution >= 4 is 18.4 Å². The molecule has 2 nitrogen and oxygen atoms in total. The molecule has 0 unspecified atom stereocenters. The van der Waals surface area contributed by atoms with E-state index in [2.05, 4.69) is 16.7 Å². The van der Waals surface area contributed by atoms with Gasteiger partial charge >= 0.3 is 0 Å². The highest BCUT2D eigenvalue weighted by Gasteiger charge is 2.32. The van der Waals surface area contributed by atoms with Gasteiger partial charge in [0.25, 0.3) is 0 Å². The quantitative estimate of drug-likeness (QED) is 0.621. The third kappa shape index (κ3) is 1.14. The molecule has 1 aromatic rings. The van der Waals surface area contributed by atoms with Crippen molar-refractivity contribution in [2.75, 3.05) is 0 Å². The lowest BCUT2D eigenvalue weighted by atomic mass is 9.88. The largest absolute Gasteiger partial charge is 0.350 e. The number of carbonyl (C=O) groups excluding carboxylic acids is 1. The lowest BCUT2D eigenvalue weighted by molar-refractivity contribution is 0.112. The third-order valence-corrected chi connectivity index (χ3v) is 3.82. The number of aryl methyl sites for hydroxylation is 1. The van der Waals surface area contributed by atoms with E-state index in [1.807, 2.05) is 13.2 Å². The second kappa shape index (κ2) is 2.84. The van der Waals surface area contributed by atoms with Gasteiger partial charge in [-0.15, -0.1) is 0 Å². The first-order valence-corrected chi connectivity index (χ1v) is 5.60. The lowest BCUT2D eigenvalue weighted by Crippen LogP contribution is -2.25. The molecule has 2 aliphatic carbocycles. The molecule has 2 heteroatoms. The lowest BCUT2D eigenvalue weighted by Gasteiger charge is -2.16. The smallest absolute Gasteiger partial charge is 0.152 e. The average molecular weight is 201 g/mol. The summed E-state index contributed by atoms with van der Waals surface area (Å²) in [5.74, 6) is 0. The first kappa shape index (κ1) is 8.96. The van der Waals surface area contributed by atoms with Crippen LogP contribution >= 0.6 is 0 Å². The average Bonchev–Trinajstić information content (AvgIpc) is 2.88. The van der Waals surface area contributed by atoms with Gasteiger partial charge < -0.3 is 4.57 Å². The van der Waals surface area contributed by atoms with Crippen LogP contribution in [0.5, 0.6) is 0 Å². The van der Waals surface area contributed by atoms with Crippen LogP contribution in [0.4, 0.5) is 0 Å². The summed E-state index contributed by atoms with van der Waals surface area (Å²) in [5, 5.41) is 2.40. The van der Waals surface area contributed by atoms with Gasteiger partial charge in [-0.2, -0.15) is 0 Å². The summed E-state index contributed by atoms with van der Waals surface area (Å²) in [6.07, 6.45) is 12.7. The Labute approximate surface area is 88.9 Å². The van der Waals surface area contributed by atoms with Gasteiger partial charge in [-0.05, 0) is 12.8 Å². The molecule has 0 atom stereocenters. The number of hydrogen-bond acceptors (Lipinski definition) is 1. The van der Waals surface area contributed by atoms with E-state index in [1.54, 1.807) is 0 Å². The van der Waals surface area contributed by atoms with Crippen LogP contribution in [0.15, 0.2) is 6.20 Å². The van der Waals surface area contributed by atoms with E-state index >= 15 is 0 Å². The molecule has 2 aliphatic rings. The van der Waals surface area contributed by atoms with Crippen LogP contribution in [0.25, 0.3) is 12.2 Å². The predicted molar refractivity (Wildman–Crippen MR) is 59.9 cm³/mol. The summed E-state index contributed by atoms with van der Waals surface area (Å²) < 4.78 is 2.07. The molecule has 0 amide bonds. The Hall–Kier alpha value is -1.31. The molecule has 0 N–H and O–H groups in total. The van der Waals surface area contributed by atoms with Crippen molar-refractivity contribution in [1.82, 2.24) is 4.57 Å². The van der Waals surface area contributed by atoms with Crippen molar-refractivity contribution in [3.05, 3.63) is 22.3 Å². The number of aldehydes is 1. The highest BCUT2D eigenvalue weighted by atomic mass is 16.1. The van der Waals surface area contributed by atoms with Gasteiger partial charge in [-0.25, -0.2) is 0 Å². The molecule has 1 aromatic heterocycles. The van der Waals surface area contributed by atoms with Gasteiger partial charge in [0, 0.05) is 34.8 Å². The fraction of sp³-hybridized carbons (Fsp3) is 0.462. The Morgan fingerprint density at radius 1 is 1.33 bits per heavy atom. The second-order valence-corrected chi connectivity index (χ2v) is 4.84. The van der Waals surface area contributed by atoms with Crippen LogP contribution < -0.4 is 10.6 Å². The zero-order valence-electron chi connectivity index (χ0n) is 8.99. The maximum absolute atomic E-state index is 10.9. The van der Waals surface area contributed by atoms with E-state index in [0.717, 1.165) is 17.1 Å². The van der Waals surface area contributed by atoms with Crippen molar-refractivity contribution in [3.8, 4) is 0 Å². The highest BCUT2D eigenvalue weighted by Crippen LogP contribution is 2.42. The van der Waals surface area contributed by atoms with E-state index < -0.39 is 0 Å². The number of fused-ring (bicyclic) bond motifs is 1. The van der Waals surface area contributed by atoms with Crippen LogP contribution in [0.1, 0.15) is 36.0 Å². The van der Waals surface area contributed by atoms with Crippen molar-refractivity contribution in [2.45, 2.75) is 25.7 Å². The molecular weight excluding hydrogens is 186 g/mol. The molecule has 78 valence electrons. The SMILES string of the molecule is Cn1cc(C=O)c2c1=CC1(C=2)CCCC1. The van der Waals surface area contributed by atoms with Crippen LogP contribution in [0.2, 0.25) is 0 Å². The van der Waals surface area contributed by atoms with Crippen LogP contribution in [0.3, 0.4) is 0 Å². The molecule has 0 bridgehead atoms. The summed E-state index contributed by atoms with van der Waals surface area (Å²) in [5.41, 5.74) is 1.12. The Bertz CT molecular complexity index is 530. The van der Waals surface area contributed by atoms with Gasteiger partial charge in [0.1, 0.15) is 0 Å². The minimum Gasteiger partial charge on any atom is -0.350 e. The van der Waals surface area contributed by atoms with Gasteiger partial charge in [0.05, 0.1) is 0 Å². The van der Waals surface area contributed by atoms with Gasteiger partial charge in [0.15, 0.2) is 6.29 Å². The first-order valence-electron chi connectivity index (χ1n) is 5.60. The maximum Gasteiger partial charge on any atom is 0.152 e. The molecule has 1 fully saturated rings. The molecular formula is C13H15NO. The zero-order valence-corrected chi connectivity index (χ0v) is 8.99. The molecule has 0 saturated heterocycles. The van der Waals surface area contributed by atoms with Crippen LogP contribution in [-0.4, -0.2) is 10.9 Å². The summed E-state index contributed by atoms with van der Waals surface area (Å²) in [4.78, 5) is 10.9. The normalized spacial score (nSPS) is 21.1. The van der Waals surface area contributed by atoms with Gasteiger partial charge in [-0.1, -0.05) is 25.0 Å². The summed E-state index contributed by atoms with van der Waals surface area (Å²) in [6.45, 7) is 0. The van der Waals surface area contributed by atoms with E-state index in [-0.39, 0.29) is 5.41 Å². The molecule has 1 saturated carbocycles. The number of nitrogens with zero attached hydrogens (tertiary/aromatic N) is 1. The van der Waals surface area contributed by atoms with Gasteiger partial charge in [0.2, 0.25) is 0 Å². The molecule has 3 rings (SSSR count). The minimum atomic E-state index is 0.279. The zero-order chi connectivity index (χ0) is 10.5. The summed E-state index contributed by atoms with van der Waals surface area (Å²) >= 11 is 0. The Kier molecular flexibility index (Phi) is 1.70. The van der Waals surface area contributed by atoms with Crippen molar-refractivity contribution in [1.29, 1.82) is 0 Å². The molecule has 1 heterocycles. The van der Waals surface area contributed by atoms with E-state index in [9.17, 15) is 4.79 Å². The molecule has 15 heavy (non-hydrogen) atoms. The Morgan fingerprint density at radius 2 is 2.07 bits per heavy atom. The van der Waals surface area contributed by atoms with Crippen molar-refractivity contribution in [2.24, 2.45) is 12.5 Å².